The third kappa shape index (κ3) is 3.94. The number of methoxy groups -OCH3 is 3. The molecule has 0 aromatic heterocycles. The molecule has 122 valence electrons. The third-order valence-electron chi connectivity index (χ3n) is 3.71. The van der Waals surface area contributed by atoms with Gasteiger partial charge in [-0.3, -0.25) is 4.79 Å². The first kappa shape index (κ1) is 16.7. The summed E-state index contributed by atoms with van der Waals surface area (Å²) in [5.41, 5.74) is 1.50. The van der Waals surface area contributed by atoms with E-state index in [-0.39, 0.29) is 0 Å². The summed E-state index contributed by atoms with van der Waals surface area (Å²) in [5, 5.41) is 9.61. The van der Waals surface area contributed by atoms with Gasteiger partial charge < -0.3 is 19.3 Å². The summed E-state index contributed by atoms with van der Waals surface area (Å²) in [6.45, 7) is 0. The molecule has 0 saturated heterocycles. The van der Waals surface area contributed by atoms with Crippen LogP contribution in [0.3, 0.4) is 0 Å². The van der Waals surface area contributed by atoms with Crippen LogP contribution in [0, 0.1) is 0 Å². The molecule has 2 rings (SSSR count). The fourth-order valence-corrected chi connectivity index (χ4v) is 2.45. The van der Waals surface area contributed by atoms with E-state index in [4.69, 9.17) is 14.2 Å². The highest BCUT2D eigenvalue weighted by Gasteiger charge is 2.22. The number of aliphatic carboxylic acids is 1. The smallest absolute Gasteiger partial charge is 0.311 e. The molecule has 0 aliphatic carbocycles. The highest BCUT2D eigenvalue weighted by atomic mass is 16.5. The topological polar surface area (TPSA) is 65.0 Å². The molecule has 0 aliphatic heterocycles. The van der Waals surface area contributed by atoms with E-state index in [9.17, 15) is 9.90 Å². The number of carbonyl (C=O) groups is 1. The van der Waals surface area contributed by atoms with E-state index in [1.54, 1.807) is 57.7 Å². The molecule has 0 saturated carbocycles. The van der Waals surface area contributed by atoms with Crippen LogP contribution in [0.4, 0.5) is 0 Å². The van der Waals surface area contributed by atoms with Crippen LogP contribution in [0.1, 0.15) is 17.0 Å². The van der Waals surface area contributed by atoms with E-state index in [0.29, 0.717) is 29.2 Å². The van der Waals surface area contributed by atoms with Crippen molar-refractivity contribution in [3.05, 3.63) is 53.6 Å². The molecule has 0 aliphatic rings. The zero-order valence-corrected chi connectivity index (χ0v) is 13.4. The monoisotopic (exact) mass is 316 g/mol. The van der Waals surface area contributed by atoms with Gasteiger partial charge in [-0.25, -0.2) is 0 Å². The van der Waals surface area contributed by atoms with Crippen molar-refractivity contribution in [2.24, 2.45) is 0 Å². The first-order valence-corrected chi connectivity index (χ1v) is 7.16. The maximum Gasteiger partial charge on any atom is 0.311 e. The van der Waals surface area contributed by atoms with Gasteiger partial charge in [-0.05, 0) is 35.7 Å². The number of hydrogen-bond donors (Lipinski definition) is 1. The quantitative estimate of drug-likeness (QED) is 0.850. The zero-order chi connectivity index (χ0) is 16.8. The van der Waals surface area contributed by atoms with Crippen molar-refractivity contribution in [2.45, 2.75) is 12.3 Å². The molecular weight excluding hydrogens is 296 g/mol. The molecule has 0 spiro atoms. The molecule has 2 aromatic carbocycles. The molecule has 5 heteroatoms. The normalized spacial score (nSPS) is 11.6. The Hall–Kier alpha value is -2.69. The molecular formula is C18H20O5. The van der Waals surface area contributed by atoms with Crippen LogP contribution >= 0.6 is 0 Å². The van der Waals surface area contributed by atoms with E-state index in [0.717, 1.165) is 5.56 Å². The SMILES string of the molecule is COc1cccc(C(Cc2ccc(OC)cc2OC)C(=O)O)c1. The van der Waals surface area contributed by atoms with Crippen LogP contribution in [0.2, 0.25) is 0 Å². The Morgan fingerprint density at radius 2 is 1.70 bits per heavy atom. The lowest BCUT2D eigenvalue weighted by Crippen LogP contribution is -2.15. The van der Waals surface area contributed by atoms with Gasteiger partial charge in [-0.2, -0.15) is 0 Å². The van der Waals surface area contributed by atoms with Gasteiger partial charge in [0.25, 0.3) is 0 Å². The highest BCUT2D eigenvalue weighted by molar-refractivity contribution is 5.77. The van der Waals surface area contributed by atoms with Gasteiger partial charge in [0, 0.05) is 6.07 Å². The van der Waals surface area contributed by atoms with Crippen LogP contribution in [-0.2, 0) is 11.2 Å². The van der Waals surface area contributed by atoms with E-state index < -0.39 is 11.9 Å². The van der Waals surface area contributed by atoms with Crippen LogP contribution in [-0.4, -0.2) is 32.4 Å². The van der Waals surface area contributed by atoms with Gasteiger partial charge in [0.2, 0.25) is 0 Å². The number of hydrogen-bond acceptors (Lipinski definition) is 4. The highest BCUT2D eigenvalue weighted by Crippen LogP contribution is 2.31. The van der Waals surface area contributed by atoms with Gasteiger partial charge in [-0.1, -0.05) is 18.2 Å². The summed E-state index contributed by atoms with van der Waals surface area (Å²) in [7, 11) is 4.69. The minimum Gasteiger partial charge on any atom is -0.497 e. The lowest BCUT2D eigenvalue weighted by molar-refractivity contribution is -0.138. The third-order valence-corrected chi connectivity index (χ3v) is 3.71. The van der Waals surface area contributed by atoms with Gasteiger partial charge >= 0.3 is 5.97 Å². The van der Waals surface area contributed by atoms with Crippen molar-refractivity contribution < 1.29 is 24.1 Å². The Morgan fingerprint density at radius 3 is 2.30 bits per heavy atom. The average molecular weight is 316 g/mol. The van der Waals surface area contributed by atoms with Crippen molar-refractivity contribution in [3.8, 4) is 17.2 Å². The summed E-state index contributed by atoms with van der Waals surface area (Å²) in [6, 6.07) is 12.5. The van der Waals surface area contributed by atoms with Crippen molar-refractivity contribution in [2.75, 3.05) is 21.3 Å². The van der Waals surface area contributed by atoms with Gasteiger partial charge in [0.05, 0.1) is 27.2 Å². The molecule has 0 amide bonds. The average Bonchev–Trinajstić information content (AvgIpc) is 2.59. The Balaban J connectivity index is 2.34. The number of carboxylic acid groups (broad SMARTS) is 1. The number of carboxylic acids is 1. The molecule has 1 unspecified atom stereocenters. The number of benzene rings is 2. The second-order valence-electron chi connectivity index (χ2n) is 5.05. The van der Waals surface area contributed by atoms with Crippen LogP contribution in [0.25, 0.3) is 0 Å². The van der Waals surface area contributed by atoms with Crippen molar-refractivity contribution in [1.82, 2.24) is 0 Å². The maximum atomic E-state index is 11.7. The van der Waals surface area contributed by atoms with E-state index in [1.807, 2.05) is 6.07 Å². The summed E-state index contributed by atoms with van der Waals surface area (Å²) in [4.78, 5) is 11.7. The molecule has 1 N–H and O–H groups in total. The molecule has 0 heterocycles. The standard InChI is InChI=1S/C18H20O5/c1-21-14-6-4-5-12(9-14)16(18(19)20)10-13-7-8-15(22-2)11-17(13)23-3/h4-9,11,16H,10H2,1-3H3,(H,19,20). The number of rotatable bonds is 7. The lowest BCUT2D eigenvalue weighted by atomic mass is 9.91. The van der Waals surface area contributed by atoms with Gasteiger partial charge in [-0.15, -0.1) is 0 Å². The Morgan fingerprint density at radius 1 is 1.00 bits per heavy atom. The second kappa shape index (κ2) is 7.54. The van der Waals surface area contributed by atoms with Crippen LogP contribution in [0.5, 0.6) is 17.2 Å². The molecule has 23 heavy (non-hydrogen) atoms. The Bertz CT molecular complexity index is 681. The van der Waals surface area contributed by atoms with E-state index >= 15 is 0 Å². The summed E-state index contributed by atoms with van der Waals surface area (Å²) in [5.74, 6) is 0.330. The number of ether oxygens (including phenoxy) is 3. The van der Waals surface area contributed by atoms with Gasteiger partial charge in [0.1, 0.15) is 17.2 Å². The fourth-order valence-electron chi connectivity index (χ4n) is 2.45. The van der Waals surface area contributed by atoms with Crippen molar-refractivity contribution in [1.29, 1.82) is 0 Å². The molecule has 1 atom stereocenters. The first-order valence-electron chi connectivity index (χ1n) is 7.16. The molecule has 0 bridgehead atoms. The lowest BCUT2D eigenvalue weighted by Gasteiger charge is -2.16. The Kier molecular flexibility index (Phi) is 5.46. The first-order chi connectivity index (χ1) is 11.1. The molecule has 0 fully saturated rings. The second-order valence-corrected chi connectivity index (χ2v) is 5.05. The molecule has 5 nitrogen and oxygen atoms in total. The predicted molar refractivity (Wildman–Crippen MR) is 86.6 cm³/mol. The summed E-state index contributed by atoms with van der Waals surface area (Å²) < 4.78 is 15.7. The fraction of sp³-hybridized carbons (Fsp3) is 0.278. The molecule has 0 radical (unpaired) electrons. The minimum atomic E-state index is -0.892. The summed E-state index contributed by atoms with van der Waals surface area (Å²) >= 11 is 0. The maximum absolute atomic E-state index is 11.7. The largest absolute Gasteiger partial charge is 0.497 e. The Labute approximate surface area is 135 Å². The minimum absolute atomic E-state index is 0.315. The van der Waals surface area contributed by atoms with Crippen molar-refractivity contribution in [3.63, 3.8) is 0 Å². The van der Waals surface area contributed by atoms with Crippen molar-refractivity contribution >= 4 is 5.97 Å². The van der Waals surface area contributed by atoms with Crippen LogP contribution < -0.4 is 14.2 Å². The summed E-state index contributed by atoms with van der Waals surface area (Å²) in [6.07, 6.45) is 0.315. The predicted octanol–water partition coefficient (Wildman–Crippen LogP) is 3.12. The van der Waals surface area contributed by atoms with E-state index in [1.165, 1.54) is 0 Å². The molecule has 2 aromatic rings. The zero-order valence-electron chi connectivity index (χ0n) is 13.4. The van der Waals surface area contributed by atoms with Gasteiger partial charge in [0.15, 0.2) is 0 Å². The van der Waals surface area contributed by atoms with E-state index in [2.05, 4.69) is 0 Å². The van der Waals surface area contributed by atoms with Crippen LogP contribution in [0.15, 0.2) is 42.5 Å².